The minimum atomic E-state index is -0.0768. The summed E-state index contributed by atoms with van der Waals surface area (Å²) < 4.78 is 2.10. The van der Waals surface area contributed by atoms with Crippen LogP contribution in [0.3, 0.4) is 0 Å². The number of aryl methyl sites for hydroxylation is 1. The summed E-state index contributed by atoms with van der Waals surface area (Å²) in [5, 5.41) is 1.18. The highest BCUT2D eigenvalue weighted by Gasteiger charge is 2.18. The molecule has 25 heavy (non-hydrogen) atoms. The summed E-state index contributed by atoms with van der Waals surface area (Å²) in [5.74, 6) is 0.844. The number of carbonyl (C=O) groups excluding carboxylic acids is 1. The summed E-state index contributed by atoms with van der Waals surface area (Å²) in [6, 6.07) is 16.8. The Morgan fingerprint density at radius 2 is 1.68 bits per heavy atom. The van der Waals surface area contributed by atoms with Crippen LogP contribution in [0.25, 0.3) is 10.9 Å². The van der Waals surface area contributed by atoms with Crippen LogP contribution in [0.1, 0.15) is 43.4 Å². The Labute approximate surface area is 150 Å². The molecule has 2 heteroatoms. The largest absolute Gasteiger partial charge is 0.350 e. The van der Waals surface area contributed by atoms with E-state index in [0.29, 0.717) is 12.3 Å². The molecule has 0 amide bonds. The molecule has 3 rings (SSSR count). The Kier molecular flexibility index (Phi) is 5.08. The molecule has 0 spiro atoms. The number of para-hydroxylation sites is 1. The summed E-state index contributed by atoms with van der Waals surface area (Å²) in [6.45, 7) is 6.47. The number of ketones is 1. The van der Waals surface area contributed by atoms with Crippen molar-refractivity contribution in [1.82, 2.24) is 4.57 Å². The number of benzene rings is 2. The maximum absolute atomic E-state index is 12.8. The molecule has 0 aliphatic carbocycles. The van der Waals surface area contributed by atoms with Crippen molar-refractivity contribution in [2.45, 2.75) is 39.5 Å². The lowest BCUT2D eigenvalue weighted by Crippen LogP contribution is -2.12. The minimum Gasteiger partial charge on any atom is -0.350 e. The normalized spacial score (nSPS) is 12.7. The van der Waals surface area contributed by atoms with E-state index in [9.17, 15) is 4.79 Å². The Hall–Kier alpha value is -2.35. The second-order valence-corrected chi connectivity index (χ2v) is 7.49. The van der Waals surface area contributed by atoms with Crippen LogP contribution in [0.2, 0.25) is 0 Å². The number of Topliss-reactive ketones (excluding diaryl/α,β-unsaturated/α-hetero) is 1. The van der Waals surface area contributed by atoms with Gasteiger partial charge in [-0.05, 0) is 35.1 Å². The van der Waals surface area contributed by atoms with Crippen molar-refractivity contribution >= 4 is 16.7 Å². The van der Waals surface area contributed by atoms with Gasteiger partial charge in [-0.25, -0.2) is 0 Å². The molecule has 0 aliphatic rings. The monoisotopic (exact) mass is 333 g/mol. The summed E-state index contributed by atoms with van der Waals surface area (Å²) >= 11 is 0. The maximum atomic E-state index is 12.8. The smallest absolute Gasteiger partial charge is 0.144 e. The van der Waals surface area contributed by atoms with Gasteiger partial charge in [0, 0.05) is 36.5 Å². The van der Waals surface area contributed by atoms with E-state index in [1.807, 2.05) is 26.1 Å². The summed E-state index contributed by atoms with van der Waals surface area (Å²) in [5.41, 5.74) is 4.74. The fourth-order valence-electron chi connectivity index (χ4n) is 3.51. The van der Waals surface area contributed by atoms with Gasteiger partial charge < -0.3 is 4.57 Å². The van der Waals surface area contributed by atoms with Crippen LogP contribution < -0.4 is 0 Å². The third kappa shape index (κ3) is 3.84. The molecule has 0 aliphatic heterocycles. The van der Waals surface area contributed by atoms with Crippen molar-refractivity contribution < 1.29 is 4.79 Å². The fourth-order valence-corrected chi connectivity index (χ4v) is 3.51. The zero-order chi connectivity index (χ0) is 18.0. The molecule has 0 N–H and O–H groups in total. The molecule has 2 aromatic carbocycles. The van der Waals surface area contributed by atoms with Crippen molar-refractivity contribution in [3.8, 4) is 0 Å². The molecule has 1 aromatic heterocycles. The van der Waals surface area contributed by atoms with Crippen molar-refractivity contribution in [2.75, 3.05) is 0 Å². The molecule has 2 nitrogen and oxygen atoms in total. The van der Waals surface area contributed by atoms with Crippen LogP contribution in [0.4, 0.5) is 0 Å². The van der Waals surface area contributed by atoms with E-state index in [4.69, 9.17) is 0 Å². The molecule has 3 aromatic rings. The van der Waals surface area contributed by atoms with Gasteiger partial charge in [-0.1, -0.05) is 63.2 Å². The summed E-state index contributed by atoms with van der Waals surface area (Å²) in [4.78, 5) is 12.8. The van der Waals surface area contributed by atoms with E-state index < -0.39 is 0 Å². The van der Waals surface area contributed by atoms with E-state index in [-0.39, 0.29) is 11.7 Å². The molecule has 0 saturated heterocycles. The number of nitrogens with zero attached hydrogens (tertiary/aromatic N) is 1. The Morgan fingerprint density at radius 1 is 1.00 bits per heavy atom. The molecule has 0 radical (unpaired) electrons. The lowest BCUT2D eigenvalue weighted by Gasteiger charge is -2.12. The number of rotatable bonds is 6. The van der Waals surface area contributed by atoms with Gasteiger partial charge in [0.05, 0.1) is 0 Å². The van der Waals surface area contributed by atoms with Gasteiger partial charge in [0.2, 0.25) is 0 Å². The second-order valence-electron chi connectivity index (χ2n) is 7.49. The zero-order valence-corrected chi connectivity index (χ0v) is 15.6. The quantitative estimate of drug-likeness (QED) is 0.600. The van der Waals surface area contributed by atoms with Gasteiger partial charge >= 0.3 is 0 Å². The number of hydrogen-bond acceptors (Lipinski definition) is 1. The fraction of sp³-hybridized carbons (Fsp3) is 0.348. The van der Waals surface area contributed by atoms with Crippen molar-refractivity contribution in [3.05, 3.63) is 71.4 Å². The predicted molar refractivity (Wildman–Crippen MR) is 105 cm³/mol. The Bertz CT molecular complexity index is 871. The molecular weight excluding hydrogens is 306 g/mol. The average molecular weight is 333 g/mol. The number of aromatic nitrogens is 1. The first-order valence-electron chi connectivity index (χ1n) is 9.10. The lowest BCUT2D eigenvalue weighted by molar-refractivity contribution is -0.119. The maximum Gasteiger partial charge on any atom is 0.144 e. The van der Waals surface area contributed by atoms with Crippen molar-refractivity contribution in [1.29, 1.82) is 0 Å². The highest BCUT2D eigenvalue weighted by Crippen LogP contribution is 2.24. The highest BCUT2D eigenvalue weighted by molar-refractivity contribution is 5.93. The van der Waals surface area contributed by atoms with Crippen LogP contribution >= 0.6 is 0 Å². The number of fused-ring (bicyclic) bond motifs is 1. The van der Waals surface area contributed by atoms with Crippen LogP contribution in [0, 0.1) is 5.92 Å². The molecule has 1 atom stereocenters. The number of hydrogen-bond donors (Lipinski definition) is 0. The average Bonchev–Trinajstić information content (AvgIpc) is 2.91. The molecule has 0 bridgehead atoms. The third-order valence-electron chi connectivity index (χ3n) is 4.95. The molecule has 130 valence electrons. The van der Waals surface area contributed by atoms with E-state index >= 15 is 0 Å². The Morgan fingerprint density at radius 3 is 2.36 bits per heavy atom. The SMILES string of the molecule is CC(C)Cc1ccc(C(C)C(=O)Cc2cn(C)c3ccccc23)cc1. The molecule has 1 unspecified atom stereocenters. The van der Waals surface area contributed by atoms with Gasteiger partial charge in [-0.3, -0.25) is 4.79 Å². The van der Waals surface area contributed by atoms with Gasteiger partial charge in [-0.2, -0.15) is 0 Å². The second kappa shape index (κ2) is 7.26. The van der Waals surface area contributed by atoms with Gasteiger partial charge in [0.1, 0.15) is 5.78 Å². The molecule has 0 saturated carbocycles. The van der Waals surface area contributed by atoms with Gasteiger partial charge in [-0.15, -0.1) is 0 Å². The first kappa shape index (κ1) is 17.5. The molecule has 0 fully saturated rings. The van der Waals surface area contributed by atoms with Crippen LogP contribution in [0.5, 0.6) is 0 Å². The van der Waals surface area contributed by atoms with E-state index in [1.54, 1.807) is 0 Å². The molecular formula is C23H27NO. The zero-order valence-electron chi connectivity index (χ0n) is 15.6. The lowest BCUT2D eigenvalue weighted by atomic mass is 9.91. The van der Waals surface area contributed by atoms with Crippen LogP contribution in [0.15, 0.2) is 54.7 Å². The van der Waals surface area contributed by atoms with E-state index in [2.05, 4.69) is 61.0 Å². The van der Waals surface area contributed by atoms with Gasteiger partial charge in [0.25, 0.3) is 0 Å². The highest BCUT2D eigenvalue weighted by atomic mass is 16.1. The third-order valence-corrected chi connectivity index (χ3v) is 4.95. The Balaban J connectivity index is 1.76. The van der Waals surface area contributed by atoms with E-state index in [1.165, 1.54) is 16.5 Å². The molecule has 1 heterocycles. The topological polar surface area (TPSA) is 22.0 Å². The van der Waals surface area contributed by atoms with Gasteiger partial charge in [0.15, 0.2) is 0 Å². The first-order valence-corrected chi connectivity index (χ1v) is 9.10. The standard InChI is InChI=1S/C23H27NO/c1-16(2)13-18-9-11-19(12-10-18)17(3)23(25)14-20-15-24(4)22-8-6-5-7-21(20)22/h5-12,15-17H,13-14H2,1-4H3. The minimum absolute atomic E-state index is 0.0768. The van der Waals surface area contributed by atoms with Crippen molar-refractivity contribution in [2.24, 2.45) is 13.0 Å². The van der Waals surface area contributed by atoms with Crippen LogP contribution in [-0.4, -0.2) is 10.4 Å². The summed E-state index contributed by atoms with van der Waals surface area (Å²) in [7, 11) is 2.03. The van der Waals surface area contributed by atoms with Crippen molar-refractivity contribution in [3.63, 3.8) is 0 Å². The first-order chi connectivity index (χ1) is 12.0. The number of carbonyl (C=O) groups is 1. The van der Waals surface area contributed by atoms with E-state index in [0.717, 1.165) is 17.5 Å². The van der Waals surface area contributed by atoms with Crippen LogP contribution in [-0.2, 0) is 24.7 Å². The predicted octanol–water partition coefficient (Wildman–Crippen LogP) is 5.29. The summed E-state index contributed by atoms with van der Waals surface area (Å²) in [6.07, 6.45) is 3.65.